The van der Waals surface area contributed by atoms with Gasteiger partial charge in [-0.1, -0.05) is 259 Å². The Bertz CT molecular complexity index is 1340. The van der Waals surface area contributed by atoms with Crippen LogP contribution in [0.1, 0.15) is 220 Å². The maximum Gasteiger partial charge on any atom is 0.306 e. The molecule has 0 spiro atoms. The number of carbonyl (C=O) groups excluding carboxylic acids is 3. The van der Waals surface area contributed by atoms with Crippen LogP contribution in [0.5, 0.6) is 0 Å². The lowest BCUT2D eigenvalue weighted by Gasteiger charge is -2.18. The van der Waals surface area contributed by atoms with E-state index in [1.54, 1.807) is 0 Å². The minimum absolute atomic E-state index is 0.111. The van der Waals surface area contributed by atoms with Gasteiger partial charge in [-0.05, 0) is 51.4 Å². The Hall–Kier alpha value is -3.93. The van der Waals surface area contributed by atoms with Crippen molar-refractivity contribution >= 4 is 17.9 Å². The van der Waals surface area contributed by atoms with Crippen LogP contribution < -0.4 is 0 Å². The van der Waals surface area contributed by atoms with Crippen LogP contribution in [0.2, 0.25) is 0 Å². The van der Waals surface area contributed by atoms with Gasteiger partial charge in [-0.25, -0.2) is 0 Å². The number of hydrogen-bond acceptors (Lipinski definition) is 6. The molecule has 0 aliphatic heterocycles. The van der Waals surface area contributed by atoms with E-state index in [0.717, 1.165) is 77.0 Å². The van der Waals surface area contributed by atoms with Crippen LogP contribution in [0.4, 0.5) is 0 Å². The van der Waals surface area contributed by atoms with Gasteiger partial charge in [0.15, 0.2) is 6.10 Å². The first-order valence-electron chi connectivity index (χ1n) is 26.0. The highest BCUT2D eigenvalue weighted by atomic mass is 16.6. The van der Waals surface area contributed by atoms with E-state index < -0.39 is 6.10 Å². The van der Waals surface area contributed by atoms with Crippen molar-refractivity contribution in [3.05, 3.63) is 109 Å². The zero-order valence-electron chi connectivity index (χ0n) is 41.3. The molecule has 0 saturated heterocycles. The molecule has 0 aromatic rings. The van der Waals surface area contributed by atoms with Crippen molar-refractivity contribution in [1.29, 1.82) is 0 Å². The minimum atomic E-state index is -0.819. The summed E-state index contributed by atoms with van der Waals surface area (Å²) >= 11 is 0. The fourth-order valence-electron chi connectivity index (χ4n) is 6.89. The number of allylic oxidation sites excluding steroid dienone is 18. The molecule has 0 heterocycles. The second-order valence-corrected chi connectivity index (χ2v) is 16.9. The first kappa shape index (κ1) is 60.1. The van der Waals surface area contributed by atoms with E-state index in [2.05, 4.69) is 51.2 Å². The molecule has 6 heteroatoms. The van der Waals surface area contributed by atoms with Gasteiger partial charge >= 0.3 is 17.9 Å². The molecule has 1 unspecified atom stereocenters. The predicted molar refractivity (Wildman–Crippen MR) is 274 cm³/mol. The second kappa shape index (κ2) is 51.7. The molecular formula is C58H94O6. The molecule has 0 aromatic carbocycles. The van der Waals surface area contributed by atoms with Gasteiger partial charge in [0.2, 0.25) is 0 Å². The van der Waals surface area contributed by atoms with Crippen LogP contribution in [0.25, 0.3) is 0 Å². The lowest BCUT2D eigenvalue weighted by atomic mass is 10.0. The van der Waals surface area contributed by atoms with Crippen LogP contribution in [0.3, 0.4) is 0 Å². The first-order valence-corrected chi connectivity index (χ1v) is 26.0. The molecule has 0 N–H and O–H groups in total. The van der Waals surface area contributed by atoms with E-state index in [9.17, 15) is 14.4 Å². The normalized spacial score (nSPS) is 13.0. The largest absolute Gasteiger partial charge is 0.462 e. The molecule has 0 aromatic heterocycles. The minimum Gasteiger partial charge on any atom is -0.462 e. The molecule has 0 saturated carbocycles. The molecular weight excluding hydrogens is 793 g/mol. The summed E-state index contributed by atoms with van der Waals surface area (Å²) < 4.78 is 16.7. The van der Waals surface area contributed by atoms with Crippen molar-refractivity contribution in [3.63, 3.8) is 0 Å². The Morgan fingerprint density at radius 3 is 1.02 bits per heavy atom. The van der Waals surface area contributed by atoms with Crippen LogP contribution in [-0.4, -0.2) is 37.2 Å². The molecule has 0 fully saturated rings. The lowest BCUT2D eigenvalue weighted by Crippen LogP contribution is -2.30. The Balaban J connectivity index is 4.48. The zero-order chi connectivity index (χ0) is 46.5. The Labute approximate surface area is 393 Å². The molecule has 0 rings (SSSR count). The van der Waals surface area contributed by atoms with E-state index in [4.69, 9.17) is 14.2 Å². The average molecular weight is 887 g/mol. The summed E-state index contributed by atoms with van der Waals surface area (Å²) in [6.45, 7) is 6.27. The van der Waals surface area contributed by atoms with Gasteiger partial charge < -0.3 is 14.2 Å². The molecule has 1 atom stereocenters. The van der Waals surface area contributed by atoms with E-state index in [1.807, 2.05) is 79.0 Å². The van der Waals surface area contributed by atoms with E-state index in [0.29, 0.717) is 12.8 Å². The summed E-state index contributed by atoms with van der Waals surface area (Å²) in [4.78, 5) is 38.0. The van der Waals surface area contributed by atoms with Gasteiger partial charge in [0.25, 0.3) is 0 Å². The fourth-order valence-corrected chi connectivity index (χ4v) is 6.89. The molecule has 0 aliphatic carbocycles. The van der Waals surface area contributed by atoms with E-state index in [1.165, 1.54) is 96.3 Å². The molecule has 64 heavy (non-hydrogen) atoms. The predicted octanol–water partition coefficient (Wildman–Crippen LogP) is 17.1. The number of rotatable bonds is 45. The first-order chi connectivity index (χ1) is 31.5. The molecule has 0 aliphatic rings. The third-order valence-electron chi connectivity index (χ3n) is 10.7. The average Bonchev–Trinajstić information content (AvgIpc) is 3.29. The third kappa shape index (κ3) is 49.1. The Kier molecular flexibility index (Phi) is 48.5. The second-order valence-electron chi connectivity index (χ2n) is 16.9. The summed E-state index contributed by atoms with van der Waals surface area (Å²) in [5.74, 6) is -1.01. The summed E-state index contributed by atoms with van der Waals surface area (Å²) in [5.41, 5.74) is 0. The summed E-state index contributed by atoms with van der Waals surface area (Å²) in [6, 6.07) is 0. The quantitative estimate of drug-likeness (QED) is 0.0262. The van der Waals surface area contributed by atoms with Gasteiger partial charge in [0.05, 0.1) is 0 Å². The molecule has 362 valence electrons. The van der Waals surface area contributed by atoms with Gasteiger partial charge in [0, 0.05) is 19.3 Å². The van der Waals surface area contributed by atoms with Gasteiger partial charge in [-0.3, -0.25) is 14.4 Å². The van der Waals surface area contributed by atoms with Gasteiger partial charge in [0.1, 0.15) is 13.2 Å². The van der Waals surface area contributed by atoms with Crippen LogP contribution in [-0.2, 0) is 28.6 Å². The van der Waals surface area contributed by atoms with Crippen molar-refractivity contribution in [2.24, 2.45) is 0 Å². The highest BCUT2D eigenvalue weighted by Crippen LogP contribution is 2.15. The lowest BCUT2D eigenvalue weighted by molar-refractivity contribution is -0.167. The van der Waals surface area contributed by atoms with E-state index in [-0.39, 0.29) is 44.0 Å². The summed E-state index contributed by atoms with van der Waals surface area (Å²) in [7, 11) is 0. The van der Waals surface area contributed by atoms with Crippen LogP contribution in [0.15, 0.2) is 109 Å². The van der Waals surface area contributed by atoms with Crippen LogP contribution >= 0.6 is 0 Å². The molecule has 0 radical (unpaired) electrons. The summed E-state index contributed by atoms with van der Waals surface area (Å²) in [5, 5.41) is 0. The van der Waals surface area contributed by atoms with Crippen molar-refractivity contribution in [2.45, 2.75) is 226 Å². The topological polar surface area (TPSA) is 78.9 Å². The van der Waals surface area contributed by atoms with Crippen molar-refractivity contribution in [2.75, 3.05) is 13.2 Å². The van der Waals surface area contributed by atoms with Crippen molar-refractivity contribution < 1.29 is 28.6 Å². The monoisotopic (exact) mass is 887 g/mol. The van der Waals surface area contributed by atoms with Crippen LogP contribution in [0, 0.1) is 0 Å². The molecule has 0 bridgehead atoms. The van der Waals surface area contributed by atoms with Crippen molar-refractivity contribution in [1.82, 2.24) is 0 Å². The zero-order valence-corrected chi connectivity index (χ0v) is 41.3. The maximum absolute atomic E-state index is 12.8. The number of esters is 3. The highest BCUT2D eigenvalue weighted by Gasteiger charge is 2.19. The standard InChI is InChI=1S/C58H94O6/c1-4-7-10-13-16-19-22-25-27-28-29-31-33-36-39-42-45-48-51-57(60)63-54-55(53-62-56(59)50-47-44-41-38-35-32-24-21-18-15-12-9-6-3)64-58(61)52-49-46-43-40-37-34-30-26-23-20-17-14-11-8-5-2/h8-9,11-12,14-15,17-18,20-21,23-24,26,30,32,35,38,41,55H,4-7,10,13,16,19,22,25,27-29,31,33-34,36-37,39-40,42-54H2,1-3H3/b11-8-,12-9-,17-14-,18-15-,23-20-,24-21-,30-26-,35-32-,41-38-. The number of ether oxygens (including phenoxy) is 3. The SMILES string of the molecule is CC\C=C/C=C\C=C/C=C\C=C/CCCC(=O)OCC(COC(=O)CCCCCCCCCCCCCCCCCCCC)OC(=O)CCCCCCC\C=C/C=C\C=C/C=C\CC. The number of unbranched alkanes of at least 4 members (excludes halogenated alkanes) is 23. The van der Waals surface area contributed by atoms with Crippen molar-refractivity contribution in [3.8, 4) is 0 Å². The molecule has 6 nitrogen and oxygen atoms in total. The Morgan fingerprint density at radius 2 is 0.625 bits per heavy atom. The maximum atomic E-state index is 12.8. The molecule has 0 amide bonds. The number of hydrogen-bond donors (Lipinski definition) is 0. The van der Waals surface area contributed by atoms with Gasteiger partial charge in [-0.15, -0.1) is 0 Å². The smallest absolute Gasteiger partial charge is 0.306 e. The Morgan fingerprint density at radius 1 is 0.328 bits per heavy atom. The highest BCUT2D eigenvalue weighted by molar-refractivity contribution is 5.71. The summed E-state index contributed by atoms with van der Waals surface area (Å²) in [6.07, 6.45) is 69.4. The van der Waals surface area contributed by atoms with E-state index >= 15 is 0 Å². The fraction of sp³-hybridized carbons (Fsp3) is 0.638. The van der Waals surface area contributed by atoms with Gasteiger partial charge in [-0.2, -0.15) is 0 Å². The number of carbonyl (C=O) groups is 3. The third-order valence-corrected chi connectivity index (χ3v) is 10.7.